The van der Waals surface area contributed by atoms with Gasteiger partial charge in [-0.3, -0.25) is 0 Å². The second-order valence-corrected chi connectivity index (χ2v) is 3.45. The fourth-order valence-electron chi connectivity index (χ4n) is 1.31. The minimum Gasteiger partial charge on any atom is -0.384 e. The summed E-state index contributed by atoms with van der Waals surface area (Å²) in [5, 5.41) is 2.02. The van der Waals surface area contributed by atoms with E-state index in [0.29, 0.717) is 5.75 Å². The van der Waals surface area contributed by atoms with Crippen molar-refractivity contribution in [1.29, 1.82) is 0 Å². The largest absolute Gasteiger partial charge is 0.384 e. The number of thiol groups is 1. The average molecular weight is 267 g/mol. The van der Waals surface area contributed by atoms with Gasteiger partial charge in [-0.15, -0.1) is 0 Å². The first-order valence-electron chi connectivity index (χ1n) is 4.07. The predicted octanol–water partition coefficient (Wildman–Crippen LogP) is 1.74. The van der Waals surface area contributed by atoms with Crippen LogP contribution in [0.15, 0.2) is 42.5 Å². The first kappa shape index (κ1) is 12.0. The van der Waals surface area contributed by atoms with Crippen molar-refractivity contribution in [3.8, 4) is 5.75 Å². The molecule has 0 aliphatic rings. The second kappa shape index (κ2) is 5.15. The van der Waals surface area contributed by atoms with Crippen LogP contribution in [-0.2, 0) is 27.5 Å². The summed E-state index contributed by atoms with van der Waals surface area (Å²) in [7, 11) is -2.83. The van der Waals surface area contributed by atoms with Crippen molar-refractivity contribution >= 4 is 21.8 Å². The number of hydrogen-bond acceptors (Lipinski definition) is 3. The van der Waals surface area contributed by atoms with Crippen LogP contribution in [0.1, 0.15) is 0 Å². The molecule has 5 heteroatoms. The molecular formula is C10H8NiO3S. The molecular weight excluding hydrogens is 259 g/mol. The molecule has 0 saturated heterocycles. The van der Waals surface area contributed by atoms with Gasteiger partial charge in [-0.2, -0.15) is 8.42 Å². The summed E-state index contributed by atoms with van der Waals surface area (Å²) < 4.78 is 25.2. The zero-order valence-electron chi connectivity index (χ0n) is 7.53. The maximum atomic E-state index is 10.3. The number of fused-ring (bicyclic) bond motifs is 1. The third-order valence-corrected chi connectivity index (χ3v) is 2.26. The zero-order chi connectivity index (χ0) is 9.97. The maximum Gasteiger partial charge on any atom is 0.299 e. The molecule has 0 radical (unpaired) electrons. The minimum atomic E-state index is -2.83. The van der Waals surface area contributed by atoms with Crippen molar-refractivity contribution in [3.63, 3.8) is 0 Å². The van der Waals surface area contributed by atoms with Gasteiger partial charge in [0.2, 0.25) is 0 Å². The van der Waals surface area contributed by atoms with Crippen molar-refractivity contribution in [3.05, 3.63) is 42.5 Å². The topological polar surface area (TPSA) is 43.4 Å². The first-order chi connectivity index (χ1) is 6.75. The summed E-state index contributed by atoms with van der Waals surface area (Å²) in [6.45, 7) is 0. The van der Waals surface area contributed by atoms with Crippen molar-refractivity contribution in [2.45, 2.75) is 0 Å². The second-order valence-electron chi connectivity index (χ2n) is 2.82. The molecule has 0 fully saturated rings. The molecule has 82 valence electrons. The molecule has 0 unspecified atom stereocenters. The number of benzene rings is 2. The normalized spacial score (nSPS) is 9.93. The average Bonchev–Trinajstić information content (AvgIpc) is 2.17. The molecule has 0 saturated carbocycles. The molecule has 0 bridgehead atoms. The van der Waals surface area contributed by atoms with E-state index in [9.17, 15) is 8.42 Å². The molecule has 0 N–H and O–H groups in total. The van der Waals surface area contributed by atoms with Gasteiger partial charge in [-0.1, -0.05) is 30.3 Å². The Kier molecular flexibility index (Phi) is 4.12. The Morgan fingerprint density at radius 3 is 2.27 bits per heavy atom. The quantitative estimate of drug-likeness (QED) is 0.665. The minimum absolute atomic E-state index is 0. The molecule has 0 heterocycles. The smallest absolute Gasteiger partial charge is 0.299 e. The Morgan fingerprint density at radius 1 is 0.933 bits per heavy atom. The molecule has 0 aliphatic heterocycles. The third-order valence-electron chi connectivity index (χ3n) is 1.90. The Labute approximate surface area is 99.1 Å². The standard InChI is InChI=1S/C10H8O3S.Ni/c11-14(12)13-10-6-5-8-3-1-2-4-9(8)7-10;/h1-7,14H;. The number of rotatable bonds is 2. The van der Waals surface area contributed by atoms with Gasteiger partial charge in [-0.05, 0) is 22.9 Å². The third kappa shape index (κ3) is 2.94. The van der Waals surface area contributed by atoms with E-state index >= 15 is 0 Å². The molecule has 0 aliphatic carbocycles. The summed E-state index contributed by atoms with van der Waals surface area (Å²) in [6, 6.07) is 12.8. The molecule has 3 nitrogen and oxygen atoms in total. The summed E-state index contributed by atoms with van der Waals surface area (Å²) in [5.74, 6) is 0.347. The zero-order valence-corrected chi connectivity index (χ0v) is 9.41. The van der Waals surface area contributed by atoms with Crippen LogP contribution in [-0.4, -0.2) is 8.42 Å². The van der Waals surface area contributed by atoms with Gasteiger partial charge in [0.05, 0.1) is 0 Å². The Morgan fingerprint density at radius 2 is 1.60 bits per heavy atom. The van der Waals surface area contributed by atoms with Crippen LogP contribution in [0.25, 0.3) is 10.8 Å². The Hall–Kier alpha value is -1.06. The van der Waals surface area contributed by atoms with Crippen molar-refractivity contribution < 1.29 is 29.1 Å². The van der Waals surface area contributed by atoms with E-state index in [1.165, 1.54) is 0 Å². The number of hydrogen-bond donors (Lipinski definition) is 1. The molecule has 2 aromatic carbocycles. The van der Waals surface area contributed by atoms with Crippen LogP contribution in [0.3, 0.4) is 0 Å². The fraction of sp³-hybridized carbons (Fsp3) is 0. The van der Waals surface area contributed by atoms with Gasteiger partial charge in [0.15, 0.2) is 0 Å². The molecule has 0 spiro atoms. The molecule has 0 aromatic heterocycles. The summed E-state index contributed by atoms with van der Waals surface area (Å²) in [6.07, 6.45) is 0. The van der Waals surface area contributed by atoms with E-state index in [1.807, 2.05) is 30.3 Å². The van der Waals surface area contributed by atoms with Crippen LogP contribution in [0, 0.1) is 0 Å². The van der Waals surface area contributed by atoms with Gasteiger partial charge in [0.25, 0.3) is 11.0 Å². The van der Waals surface area contributed by atoms with Gasteiger partial charge in [0, 0.05) is 16.5 Å². The predicted molar refractivity (Wildman–Crippen MR) is 54.9 cm³/mol. The van der Waals surface area contributed by atoms with Crippen LogP contribution < -0.4 is 4.18 Å². The summed E-state index contributed by atoms with van der Waals surface area (Å²) in [5.41, 5.74) is 0. The van der Waals surface area contributed by atoms with Crippen molar-refractivity contribution in [2.75, 3.05) is 0 Å². The Bertz CT molecular complexity index is 529. The molecule has 15 heavy (non-hydrogen) atoms. The van der Waals surface area contributed by atoms with Crippen molar-refractivity contribution in [1.82, 2.24) is 0 Å². The first-order valence-corrected chi connectivity index (χ1v) is 5.16. The van der Waals surface area contributed by atoms with E-state index < -0.39 is 11.0 Å². The maximum absolute atomic E-state index is 10.3. The van der Waals surface area contributed by atoms with Crippen LogP contribution in [0.4, 0.5) is 0 Å². The van der Waals surface area contributed by atoms with Gasteiger partial charge >= 0.3 is 0 Å². The van der Waals surface area contributed by atoms with Gasteiger partial charge in [-0.25, -0.2) is 0 Å². The van der Waals surface area contributed by atoms with E-state index in [2.05, 4.69) is 4.18 Å². The van der Waals surface area contributed by atoms with Crippen LogP contribution in [0.5, 0.6) is 5.75 Å². The fourth-order valence-corrected chi connectivity index (χ4v) is 1.60. The van der Waals surface area contributed by atoms with Crippen LogP contribution in [0.2, 0.25) is 0 Å². The van der Waals surface area contributed by atoms with Gasteiger partial charge in [0.1, 0.15) is 5.75 Å². The molecule has 2 rings (SSSR count). The van der Waals surface area contributed by atoms with E-state index in [0.717, 1.165) is 10.8 Å². The van der Waals surface area contributed by atoms with E-state index in [-0.39, 0.29) is 16.5 Å². The van der Waals surface area contributed by atoms with Crippen LogP contribution >= 0.6 is 0 Å². The molecule has 0 atom stereocenters. The Balaban J connectivity index is 0.00000112. The SMILES string of the molecule is O=[SH](=O)Oc1ccc2ccccc2c1.[Ni]. The molecule has 0 amide bonds. The van der Waals surface area contributed by atoms with E-state index in [4.69, 9.17) is 0 Å². The monoisotopic (exact) mass is 266 g/mol. The van der Waals surface area contributed by atoms with E-state index in [1.54, 1.807) is 12.1 Å². The summed E-state index contributed by atoms with van der Waals surface area (Å²) in [4.78, 5) is 0. The summed E-state index contributed by atoms with van der Waals surface area (Å²) >= 11 is 0. The van der Waals surface area contributed by atoms with Gasteiger partial charge < -0.3 is 4.18 Å². The van der Waals surface area contributed by atoms with Crippen molar-refractivity contribution in [2.24, 2.45) is 0 Å². The molecule has 2 aromatic rings.